The first-order chi connectivity index (χ1) is 9.65. The SMILES string of the molecule is O=C1CN(C2CC2)C(=O)N1CCOc1cccc(F)c1. The van der Waals surface area contributed by atoms with Crippen LogP contribution in [0.1, 0.15) is 12.8 Å². The summed E-state index contributed by atoms with van der Waals surface area (Å²) in [7, 11) is 0. The quantitative estimate of drug-likeness (QED) is 0.769. The van der Waals surface area contributed by atoms with Gasteiger partial charge in [-0.15, -0.1) is 0 Å². The average Bonchev–Trinajstić information content (AvgIpc) is 3.20. The number of benzene rings is 1. The first-order valence-electron chi connectivity index (χ1n) is 6.64. The van der Waals surface area contributed by atoms with Crippen LogP contribution >= 0.6 is 0 Å². The second-order valence-corrected chi connectivity index (χ2v) is 4.99. The summed E-state index contributed by atoms with van der Waals surface area (Å²) >= 11 is 0. The van der Waals surface area contributed by atoms with Gasteiger partial charge in [0.2, 0.25) is 5.91 Å². The van der Waals surface area contributed by atoms with Crippen molar-refractivity contribution in [2.24, 2.45) is 0 Å². The predicted molar refractivity (Wildman–Crippen MR) is 68.7 cm³/mol. The number of nitrogens with zero attached hydrogens (tertiary/aromatic N) is 2. The van der Waals surface area contributed by atoms with Crippen LogP contribution in [0.2, 0.25) is 0 Å². The minimum absolute atomic E-state index is 0.166. The molecule has 0 N–H and O–H groups in total. The van der Waals surface area contributed by atoms with Crippen LogP contribution in [-0.2, 0) is 4.79 Å². The first-order valence-corrected chi connectivity index (χ1v) is 6.64. The van der Waals surface area contributed by atoms with E-state index in [1.807, 2.05) is 0 Å². The highest BCUT2D eigenvalue weighted by Gasteiger charge is 2.43. The number of urea groups is 1. The van der Waals surface area contributed by atoms with E-state index >= 15 is 0 Å². The van der Waals surface area contributed by atoms with Crippen molar-refractivity contribution in [3.05, 3.63) is 30.1 Å². The van der Waals surface area contributed by atoms with Gasteiger partial charge in [-0.3, -0.25) is 9.69 Å². The van der Waals surface area contributed by atoms with Crippen LogP contribution in [0.4, 0.5) is 9.18 Å². The summed E-state index contributed by atoms with van der Waals surface area (Å²) in [6.07, 6.45) is 1.96. The maximum absolute atomic E-state index is 13.0. The Morgan fingerprint density at radius 2 is 2.10 bits per heavy atom. The molecule has 0 atom stereocenters. The van der Waals surface area contributed by atoms with Gasteiger partial charge >= 0.3 is 6.03 Å². The Balaban J connectivity index is 1.53. The third kappa shape index (κ3) is 2.59. The van der Waals surface area contributed by atoms with Gasteiger partial charge in [0.15, 0.2) is 0 Å². The van der Waals surface area contributed by atoms with E-state index in [9.17, 15) is 14.0 Å². The number of carbonyl (C=O) groups excluding carboxylic acids is 2. The number of ether oxygens (including phenoxy) is 1. The van der Waals surface area contributed by atoms with Gasteiger partial charge in [-0.05, 0) is 25.0 Å². The second-order valence-electron chi connectivity index (χ2n) is 4.99. The topological polar surface area (TPSA) is 49.9 Å². The fourth-order valence-corrected chi connectivity index (χ4v) is 2.26. The Hall–Kier alpha value is -2.11. The lowest BCUT2D eigenvalue weighted by molar-refractivity contribution is -0.125. The monoisotopic (exact) mass is 278 g/mol. The Morgan fingerprint density at radius 1 is 1.30 bits per heavy atom. The van der Waals surface area contributed by atoms with Crippen LogP contribution in [0.3, 0.4) is 0 Å². The van der Waals surface area contributed by atoms with E-state index in [-0.39, 0.29) is 43.5 Å². The zero-order valence-corrected chi connectivity index (χ0v) is 10.9. The lowest BCUT2D eigenvalue weighted by Crippen LogP contribution is -2.36. The molecule has 1 aromatic carbocycles. The minimum atomic E-state index is -0.379. The molecule has 0 unspecified atom stereocenters. The van der Waals surface area contributed by atoms with Gasteiger partial charge in [0, 0.05) is 12.1 Å². The number of rotatable bonds is 5. The van der Waals surface area contributed by atoms with E-state index < -0.39 is 0 Å². The molecule has 1 aliphatic carbocycles. The van der Waals surface area contributed by atoms with Crippen molar-refractivity contribution in [1.82, 2.24) is 9.80 Å². The van der Waals surface area contributed by atoms with Crippen molar-refractivity contribution in [2.45, 2.75) is 18.9 Å². The molecule has 0 aromatic heterocycles. The lowest BCUT2D eigenvalue weighted by atomic mass is 10.3. The summed E-state index contributed by atoms with van der Waals surface area (Å²) in [5, 5.41) is 0. The average molecular weight is 278 g/mol. The number of carbonyl (C=O) groups is 2. The third-order valence-electron chi connectivity index (χ3n) is 3.45. The fraction of sp³-hybridized carbons (Fsp3) is 0.429. The Kier molecular flexibility index (Phi) is 3.30. The van der Waals surface area contributed by atoms with Gasteiger partial charge in [-0.2, -0.15) is 0 Å². The molecule has 0 radical (unpaired) electrons. The highest BCUT2D eigenvalue weighted by atomic mass is 19.1. The summed E-state index contributed by atoms with van der Waals surface area (Å²) in [5.41, 5.74) is 0. The van der Waals surface area contributed by atoms with Crippen molar-refractivity contribution in [3.8, 4) is 5.75 Å². The van der Waals surface area contributed by atoms with Crippen LogP contribution in [0, 0.1) is 5.82 Å². The van der Waals surface area contributed by atoms with Crippen molar-refractivity contribution in [3.63, 3.8) is 0 Å². The second kappa shape index (κ2) is 5.11. The van der Waals surface area contributed by atoms with Crippen molar-refractivity contribution in [2.75, 3.05) is 19.7 Å². The number of halogens is 1. The maximum Gasteiger partial charge on any atom is 0.327 e. The molecule has 3 rings (SSSR count). The van der Waals surface area contributed by atoms with Crippen LogP contribution in [0.5, 0.6) is 5.75 Å². The van der Waals surface area contributed by atoms with Crippen molar-refractivity contribution >= 4 is 11.9 Å². The molecule has 1 aromatic rings. The van der Waals surface area contributed by atoms with Gasteiger partial charge in [-0.25, -0.2) is 9.18 Å². The summed E-state index contributed by atoms with van der Waals surface area (Å²) in [5.74, 6) is -0.177. The number of hydrogen-bond donors (Lipinski definition) is 0. The van der Waals surface area contributed by atoms with Crippen molar-refractivity contribution in [1.29, 1.82) is 0 Å². The molecule has 0 spiro atoms. The fourth-order valence-electron chi connectivity index (χ4n) is 2.26. The highest BCUT2D eigenvalue weighted by molar-refractivity contribution is 6.02. The molecular formula is C14H15FN2O3. The van der Waals surface area contributed by atoms with Gasteiger partial charge in [0.25, 0.3) is 0 Å². The third-order valence-corrected chi connectivity index (χ3v) is 3.45. The summed E-state index contributed by atoms with van der Waals surface area (Å²) in [6.45, 7) is 0.528. The summed E-state index contributed by atoms with van der Waals surface area (Å²) in [4.78, 5) is 26.6. The summed E-state index contributed by atoms with van der Waals surface area (Å²) in [6, 6.07) is 5.78. The molecule has 106 valence electrons. The molecule has 3 amide bonds. The lowest BCUT2D eigenvalue weighted by Gasteiger charge is -2.16. The molecule has 1 heterocycles. The smallest absolute Gasteiger partial charge is 0.327 e. The van der Waals surface area contributed by atoms with Gasteiger partial charge in [0.05, 0.1) is 6.54 Å². The molecule has 2 aliphatic rings. The van der Waals surface area contributed by atoms with E-state index in [4.69, 9.17) is 4.74 Å². The van der Waals surface area contributed by atoms with Crippen molar-refractivity contribution < 1.29 is 18.7 Å². The first kappa shape index (κ1) is 12.9. The normalized spacial score (nSPS) is 18.9. The molecule has 1 saturated carbocycles. The zero-order chi connectivity index (χ0) is 14.1. The van der Waals surface area contributed by atoms with Crippen LogP contribution in [0.25, 0.3) is 0 Å². The van der Waals surface area contributed by atoms with Crippen LogP contribution < -0.4 is 4.74 Å². The van der Waals surface area contributed by atoms with E-state index in [1.165, 1.54) is 17.0 Å². The number of imide groups is 1. The largest absolute Gasteiger partial charge is 0.492 e. The standard InChI is InChI=1S/C14H15FN2O3/c15-10-2-1-3-12(8-10)20-7-6-16-13(18)9-17(14(16)19)11-4-5-11/h1-3,8,11H,4-7,9H2. The zero-order valence-electron chi connectivity index (χ0n) is 10.9. The maximum atomic E-state index is 13.0. The Morgan fingerprint density at radius 3 is 2.80 bits per heavy atom. The molecule has 5 nitrogen and oxygen atoms in total. The Labute approximate surface area is 115 Å². The number of amides is 3. The molecule has 0 bridgehead atoms. The number of hydrogen-bond acceptors (Lipinski definition) is 3. The summed E-state index contributed by atoms with van der Waals surface area (Å²) < 4.78 is 18.3. The van der Waals surface area contributed by atoms with E-state index in [2.05, 4.69) is 0 Å². The molecule has 1 saturated heterocycles. The Bertz CT molecular complexity index is 545. The minimum Gasteiger partial charge on any atom is -0.492 e. The molecular weight excluding hydrogens is 263 g/mol. The van der Waals surface area contributed by atoms with Crippen LogP contribution in [-0.4, -0.2) is 47.5 Å². The highest BCUT2D eigenvalue weighted by Crippen LogP contribution is 2.30. The van der Waals surface area contributed by atoms with E-state index in [1.54, 1.807) is 17.0 Å². The predicted octanol–water partition coefficient (Wildman–Crippen LogP) is 1.63. The molecule has 1 aliphatic heterocycles. The van der Waals surface area contributed by atoms with Gasteiger partial charge < -0.3 is 9.64 Å². The van der Waals surface area contributed by atoms with Gasteiger partial charge in [0.1, 0.15) is 24.7 Å². The molecule has 6 heteroatoms. The molecule has 20 heavy (non-hydrogen) atoms. The van der Waals surface area contributed by atoms with Gasteiger partial charge in [-0.1, -0.05) is 6.07 Å². The van der Waals surface area contributed by atoms with E-state index in [0.717, 1.165) is 12.8 Å². The van der Waals surface area contributed by atoms with E-state index in [0.29, 0.717) is 5.75 Å². The van der Waals surface area contributed by atoms with Crippen LogP contribution in [0.15, 0.2) is 24.3 Å². The molecule has 2 fully saturated rings.